The molecule has 2 aromatic rings. The molecule has 0 aliphatic carbocycles. The highest BCUT2D eigenvalue weighted by atomic mass is 16.6. The van der Waals surface area contributed by atoms with Crippen molar-refractivity contribution in [1.82, 2.24) is 20.1 Å². The van der Waals surface area contributed by atoms with E-state index in [9.17, 15) is 14.4 Å². The molecular formula is C24H33N5O4. The second-order valence-corrected chi connectivity index (χ2v) is 10.1. The molecule has 2 saturated heterocycles. The second-order valence-electron chi connectivity index (χ2n) is 10.1. The molecule has 4 rings (SSSR count). The number of carbonyl (C=O) groups is 2. The summed E-state index contributed by atoms with van der Waals surface area (Å²) in [7, 11) is 0. The van der Waals surface area contributed by atoms with Gasteiger partial charge in [0.1, 0.15) is 17.2 Å². The molecular weight excluding hydrogens is 422 g/mol. The number of aromatic amines is 1. The van der Waals surface area contributed by atoms with Gasteiger partial charge in [0.05, 0.1) is 11.1 Å². The fourth-order valence-corrected chi connectivity index (χ4v) is 4.75. The van der Waals surface area contributed by atoms with Crippen LogP contribution in [-0.4, -0.2) is 63.7 Å². The number of carbonyl (C=O) groups excluding carboxylic acids is 2. The number of rotatable bonds is 3. The first kappa shape index (κ1) is 23.2. The van der Waals surface area contributed by atoms with Gasteiger partial charge in [0.25, 0.3) is 5.56 Å². The van der Waals surface area contributed by atoms with Crippen molar-refractivity contribution in [3.63, 3.8) is 0 Å². The first-order chi connectivity index (χ1) is 15.6. The number of ketones is 1. The predicted molar refractivity (Wildman–Crippen MR) is 125 cm³/mol. The lowest BCUT2D eigenvalue weighted by molar-refractivity contribution is -0.128. The van der Waals surface area contributed by atoms with Crippen LogP contribution in [-0.2, 0) is 9.53 Å². The molecule has 33 heavy (non-hydrogen) atoms. The number of nitrogens with one attached hydrogen (secondary N) is 1. The Labute approximate surface area is 193 Å². The number of hydrogen-bond donors (Lipinski definition) is 1. The maximum atomic E-state index is 13.1. The molecule has 2 aromatic heterocycles. The number of hydrogen-bond acceptors (Lipinski definition) is 7. The first-order valence-electron chi connectivity index (χ1n) is 11.7. The van der Waals surface area contributed by atoms with Crippen molar-refractivity contribution in [2.75, 3.05) is 31.1 Å². The van der Waals surface area contributed by atoms with E-state index in [0.29, 0.717) is 37.1 Å². The maximum absolute atomic E-state index is 13.1. The Kier molecular flexibility index (Phi) is 6.41. The van der Waals surface area contributed by atoms with Crippen molar-refractivity contribution in [2.45, 2.75) is 59.0 Å². The summed E-state index contributed by atoms with van der Waals surface area (Å²) in [6.45, 7) is 10.0. The Bertz CT molecular complexity index is 1090. The summed E-state index contributed by atoms with van der Waals surface area (Å²) >= 11 is 0. The maximum Gasteiger partial charge on any atom is 0.410 e. The monoisotopic (exact) mass is 455 g/mol. The zero-order valence-electron chi connectivity index (χ0n) is 19.9. The van der Waals surface area contributed by atoms with E-state index in [0.717, 1.165) is 42.8 Å². The van der Waals surface area contributed by atoms with Gasteiger partial charge in [-0.1, -0.05) is 0 Å². The van der Waals surface area contributed by atoms with Crippen LogP contribution >= 0.6 is 0 Å². The van der Waals surface area contributed by atoms with Gasteiger partial charge in [0.2, 0.25) is 0 Å². The van der Waals surface area contributed by atoms with E-state index in [2.05, 4.69) is 20.1 Å². The van der Waals surface area contributed by atoms with Crippen molar-refractivity contribution in [3.8, 4) is 0 Å². The van der Waals surface area contributed by atoms with E-state index in [1.165, 1.54) is 0 Å². The summed E-state index contributed by atoms with van der Waals surface area (Å²) < 4.78 is 5.45. The third-order valence-electron chi connectivity index (χ3n) is 6.62. The Morgan fingerprint density at radius 2 is 1.64 bits per heavy atom. The number of likely N-dealkylation sites (tertiary alicyclic amines) is 1. The molecule has 9 heteroatoms. The lowest BCUT2D eigenvalue weighted by Crippen LogP contribution is -2.45. The lowest BCUT2D eigenvalue weighted by Gasteiger charge is -2.36. The minimum absolute atomic E-state index is 0.00747. The summed E-state index contributed by atoms with van der Waals surface area (Å²) in [5.41, 5.74) is 0.00798. The standard InChI is InChI=1S/C24H33N5O4/c1-15-19-14-25-20(13-18(19)22(31)27-26-15)28-9-5-16(6-10-28)21(30)17-7-11-29(12-8-17)23(32)33-24(2,3)4/h13-14,16-17H,5-12H2,1-4H3,(H,27,31). The first-order valence-corrected chi connectivity index (χ1v) is 11.7. The molecule has 0 unspecified atom stereocenters. The van der Waals surface area contributed by atoms with Crippen LogP contribution in [0.4, 0.5) is 10.6 Å². The van der Waals surface area contributed by atoms with E-state index in [-0.39, 0.29) is 23.5 Å². The quantitative estimate of drug-likeness (QED) is 0.758. The molecule has 2 aliphatic rings. The van der Waals surface area contributed by atoms with Crippen molar-refractivity contribution in [1.29, 1.82) is 0 Å². The highest BCUT2D eigenvalue weighted by Gasteiger charge is 2.34. The van der Waals surface area contributed by atoms with Gasteiger partial charge >= 0.3 is 6.09 Å². The Balaban J connectivity index is 1.32. The number of aromatic nitrogens is 3. The van der Waals surface area contributed by atoms with Gasteiger partial charge in [-0.3, -0.25) is 9.59 Å². The number of ether oxygens (including phenoxy) is 1. The van der Waals surface area contributed by atoms with Crippen LogP contribution in [0.5, 0.6) is 0 Å². The summed E-state index contributed by atoms with van der Waals surface area (Å²) in [5, 5.41) is 7.86. The molecule has 1 N–H and O–H groups in total. The average Bonchev–Trinajstić information content (AvgIpc) is 2.80. The number of anilines is 1. The number of nitrogens with zero attached hydrogens (tertiary/aromatic N) is 4. The largest absolute Gasteiger partial charge is 0.444 e. The van der Waals surface area contributed by atoms with Crippen LogP contribution in [0, 0.1) is 18.8 Å². The molecule has 2 fully saturated rings. The van der Waals surface area contributed by atoms with E-state index in [1.54, 1.807) is 11.1 Å². The lowest BCUT2D eigenvalue weighted by atomic mass is 9.81. The van der Waals surface area contributed by atoms with Crippen molar-refractivity contribution in [2.24, 2.45) is 11.8 Å². The van der Waals surface area contributed by atoms with Gasteiger partial charge in [-0.25, -0.2) is 14.9 Å². The van der Waals surface area contributed by atoms with E-state index < -0.39 is 5.60 Å². The average molecular weight is 456 g/mol. The molecule has 0 bridgehead atoms. The van der Waals surface area contributed by atoms with Crippen LogP contribution in [0.15, 0.2) is 17.1 Å². The second kappa shape index (κ2) is 9.11. The van der Waals surface area contributed by atoms with Crippen molar-refractivity contribution < 1.29 is 14.3 Å². The van der Waals surface area contributed by atoms with Gasteiger partial charge in [-0.2, -0.15) is 5.10 Å². The number of piperidine rings is 2. The molecule has 0 radical (unpaired) electrons. The Hall–Kier alpha value is -2.97. The predicted octanol–water partition coefficient (Wildman–Crippen LogP) is 3.06. The third kappa shape index (κ3) is 5.17. The van der Waals surface area contributed by atoms with Crippen molar-refractivity contribution >= 4 is 28.5 Å². The van der Waals surface area contributed by atoms with Crippen LogP contribution < -0.4 is 10.5 Å². The van der Waals surface area contributed by atoms with Gasteiger partial charge in [-0.05, 0) is 59.4 Å². The molecule has 178 valence electrons. The summed E-state index contributed by atoms with van der Waals surface area (Å²) in [6, 6.07) is 1.82. The van der Waals surface area contributed by atoms with Crippen molar-refractivity contribution in [3.05, 3.63) is 28.3 Å². The number of pyridine rings is 1. The molecule has 0 spiro atoms. The minimum Gasteiger partial charge on any atom is -0.444 e. The Morgan fingerprint density at radius 1 is 1.03 bits per heavy atom. The number of aryl methyl sites for hydroxylation is 1. The van der Waals surface area contributed by atoms with Crippen LogP contribution in [0.25, 0.3) is 10.8 Å². The van der Waals surface area contributed by atoms with E-state index >= 15 is 0 Å². The highest BCUT2D eigenvalue weighted by Crippen LogP contribution is 2.29. The molecule has 2 aliphatic heterocycles. The molecule has 9 nitrogen and oxygen atoms in total. The van der Waals surface area contributed by atoms with E-state index in [1.807, 2.05) is 33.8 Å². The summed E-state index contributed by atoms with van der Waals surface area (Å²) in [5.74, 6) is 1.13. The van der Waals surface area contributed by atoms with E-state index in [4.69, 9.17) is 4.74 Å². The van der Waals surface area contributed by atoms with Crippen LogP contribution in [0.1, 0.15) is 52.1 Å². The molecule has 1 amide bonds. The molecule has 0 saturated carbocycles. The summed E-state index contributed by atoms with van der Waals surface area (Å²) in [6.07, 6.45) is 4.35. The number of amides is 1. The normalized spacial score (nSPS) is 18.5. The number of fused-ring (bicyclic) bond motifs is 1. The smallest absolute Gasteiger partial charge is 0.410 e. The Morgan fingerprint density at radius 3 is 2.24 bits per heavy atom. The minimum atomic E-state index is -0.513. The fraction of sp³-hybridized carbons (Fsp3) is 0.625. The van der Waals surface area contributed by atoms with Gasteiger partial charge in [0.15, 0.2) is 0 Å². The van der Waals surface area contributed by atoms with Crippen LogP contribution in [0.3, 0.4) is 0 Å². The SMILES string of the molecule is Cc1n[nH]c(=O)c2cc(N3CCC(C(=O)C4CCN(C(=O)OC(C)(C)C)CC4)CC3)ncc12. The van der Waals surface area contributed by atoms with Crippen LogP contribution in [0.2, 0.25) is 0 Å². The molecule has 0 atom stereocenters. The number of H-pyrrole nitrogens is 1. The highest BCUT2D eigenvalue weighted by molar-refractivity contribution is 5.85. The zero-order valence-corrected chi connectivity index (χ0v) is 19.9. The van der Waals surface area contributed by atoms with Gasteiger partial charge in [-0.15, -0.1) is 0 Å². The topological polar surface area (TPSA) is 108 Å². The molecule has 4 heterocycles. The zero-order chi connectivity index (χ0) is 23.8. The summed E-state index contributed by atoms with van der Waals surface area (Å²) in [4.78, 5) is 46.0. The third-order valence-corrected chi connectivity index (χ3v) is 6.62. The van der Waals surface area contributed by atoms with Gasteiger partial charge < -0.3 is 14.5 Å². The fourth-order valence-electron chi connectivity index (χ4n) is 4.75. The number of Topliss-reactive ketones (excluding diaryl/α,β-unsaturated/α-hetero) is 1. The molecule has 0 aromatic carbocycles. The van der Waals surface area contributed by atoms with Gasteiger partial charge in [0, 0.05) is 49.6 Å².